The number of halogens is 1. The summed E-state index contributed by atoms with van der Waals surface area (Å²) in [7, 11) is 0. The molecule has 1 heterocycles. The van der Waals surface area contributed by atoms with Gasteiger partial charge in [0.15, 0.2) is 5.78 Å². The quantitative estimate of drug-likeness (QED) is 0.590. The first-order valence-corrected chi connectivity index (χ1v) is 5.23. The smallest absolute Gasteiger partial charge is 0.419 e. The molecule has 1 aromatic heterocycles. The van der Waals surface area contributed by atoms with Crippen molar-refractivity contribution in [1.29, 1.82) is 0 Å². The average molecular weight is 245 g/mol. The summed E-state index contributed by atoms with van der Waals surface area (Å²) in [6, 6.07) is 0. The van der Waals surface area contributed by atoms with Crippen LogP contribution >= 0.6 is 11.6 Å². The molecule has 0 aliphatic heterocycles. The van der Waals surface area contributed by atoms with Crippen molar-refractivity contribution in [2.75, 3.05) is 5.88 Å². The molecule has 1 aromatic rings. The Balaban J connectivity index is 2.78. The molecule has 0 aliphatic carbocycles. The Morgan fingerprint density at radius 1 is 1.50 bits per heavy atom. The average Bonchev–Trinajstić information content (AvgIpc) is 2.62. The third kappa shape index (κ3) is 3.34. The van der Waals surface area contributed by atoms with E-state index in [0.29, 0.717) is 0 Å². The van der Waals surface area contributed by atoms with Crippen molar-refractivity contribution >= 4 is 23.5 Å². The largest absolute Gasteiger partial charge is 0.443 e. The van der Waals surface area contributed by atoms with Gasteiger partial charge in [0, 0.05) is 6.20 Å². The zero-order chi connectivity index (χ0) is 12.3. The van der Waals surface area contributed by atoms with Gasteiger partial charge in [-0.25, -0.2) is 14.3 Å². The lowest BCUT2D eigenvalue weighted by Crippen LogP contribution is -2.26. The molecule has 0 bridgehead atoms. The molecular weight excluding hydrogens is 232 g/mol. The number of hydrogen-bond acceptors (Lipinski definition) is 4. The van der Waals surface area contributed by atoms with Gasteiger partial charge < -0.3 is 4.74 Å². The minimum atomic E-state index is -0.585. The van der Waals surface area contributed by atoms with E-state index in [1.54, 1.807) is 20.8 Å². The normalized spacial score (nSPS) is 11.2. The Morgan fingerprint density at radius 3 is 2.62 bits per heavy atom. The summed E-state index contributed by atoms with van der Waals surface area (Å²) in [5, 5.41) is 0. The SMILES string of the molecule is CC(C)(C)OC(=O)n1cnc(C(=O)CCl)c1. The van der Waals surface area contributed by atoms with Crippen molar-refractivity contribution < 1.29 is 14.3 Å². The van der Waals surface area contributed by atoms with E-state index in [4.69, 9.17) is 16.3 Å². The predicted octanol–water partition coefficient (Wildman–Crippen LogP) is 2.09. The van der Waals surface area contributed by atoms with Crippen LogP contribution in [0.3, 0.4) is 0 Å². The molecule has 5 nitrogen and oxygen atoms in total. The van der Waals surface area contributed by atoms with Crippen molar-refractivity contribution in [3.05, 3.63) is 18.2 Å². The summed E-state index contributed by atoms with van der Waals surface area (Å²) in [4.78, 5) is 26.5. The molecule has 0 atom stereocenters. The summed E-state index contributed by atoms with van der Waals surface area (Å²) in [5.74, 6) is -0.491. The molecule has 88 valence electrons. The van der Waals surface area contributed by atoms with Crippen LogP contribution in [0.1, 0.15) is 31.3 Å². The number of carbonyl (C=O) groups excluding carboxylic acids is 2. The highest BCUT2D eigenvalue weighted by atomic mass is 35.5. The van der Waals surface area contributed by atoms with Crippen LogP contribution in [0.25, 0.3) is 0 Å². The van der Waals surface area contributed by atoms with Crippen molar-refractivity contribution in [3.63, 3.8) is 0 Å². The maximum Gasteiger partial charge on any atom is 0.419 e. The third-order valence-corrected chi connectivity index (χ3v) is 1.84. The molecule has 0 N–H and O–H groups in total. The number of aromatic nitrogens is 2. The number of Topliss-reactive ketones (excluding diaryl/α,β-unsaturated/α-hetero) is 1. The lowest BCUT2D eigenvalue weighted by Gasteiger charge is -2.18. The van der Waals surface area contributed by atoms with Crippen LogP contribution in [-0.2, 0) is 4.74 Å². The number of hydrogen-bond donors (Lipinski definition) is 0. The number of ketones is 1. The lowest BCUT2D eigenvalue weighted by atomic mass is 10.2. The highest BCUT2D eigenvalue weighted by molar-refractivity contribution is 6.30. The van der Waals surface area contributed by atoms with Crippen LogP contribution in [0, 0.1) is 0 Å². The Morgan fingerprint density at radius 2 is 2.12 bits per heavy atom. The van der Waals surface area contributed by atoms with Crippen LogP contribution in [0.4, 0.5) is 4.79 Å². The van der Waals surface area contributed by atoms with E-state index in [9.17, 15) is 9.59 Å². The zero-order valence-corrected chi connectivity index (χ0v) is 10.1. The zero-order valence-electron chi connectivity index (χ0n) is 9.36. The Hall–Kier alpha value is -1.36. The van der Waals surface area contributed by atoms with Gasteiger partial charge in [-0.2, -0.15) is 0 Å². The summed E-state index contributed by atoms with van der Waals surface area (Å²) >= 11 is 5.37. The second kappa shape index (κ2) is 4.65. The van der Waals surface area contributed by atoms with Crippen LogP contribution in [0.2, 0.25) is 0 Å². The van der Waals surface area contributed by atoms with E-state index in [0.717, 1.165) is 4.57 Å². The molecule has 1 rings (SSSR count). The van der Waals surface area contributed by atoms with Gasteiger partial charge in [-0.1, -0.05) is 0 Å². The minimum absolute atomic E-state index is 0.154. The lowest BCUT2D eigenvalue weighted by molar-refractivity contribution is 0.0536. The van der Waals surface area contributed by atoms with Gasteiger partial charge in [-0.15, -0.1) is 11.6 Å². The Bertz CT molecular complexity index is 406. The van der Waals surface area contributed by atoms with Gasteiger partial charge >= 0.3 is 6.09 Å². The van der Waals surface area contributed by atoms with Crippen LogP contribution in [0.15, 0.2) is 12.5 Å². The summed E-state index contributed by atoms with van der Waals surface area (Å²) in [5.41, 5.74) is -0.432. The van der Waals surface area contributed by atoms with Crippen LogP contribution in [0.5, 0.6) is 0 Å². The predicted molar refractivity (Wildman–Crippen MR) is 58.9 cm³/mol. The van der Waals surface area contributed by atoms with Crippen LogP contribution in [-0.4, -0.2) is 32.9 Å². The highest BCUT2D eigenvalue weighted by Gasteiger charge is 2.19. The maximum atomic E-state index is 11.5. The van der Waals surface area contributed by atoms with E-state index in [1.165, 1.54) is 12.5 Å². The van der Waals surface area contributed by atoms with E-state index in [2.05, 4.69) is 4.98 Å². The van der Waals surface area contributed by atoms with Gasteiger partial charge in [0.05, 0.1) is 5.88 Å². The Kier molecular flexibility index (Phi) is 3.70. The summed E-state index contributed by atoms with van der Waals surface area (Å²) < 4.78 is 6.21. The fourth-order valence-corrected chi connectivity index (χ4v) is 1.09. The van der Waals surface area contributed by atoms with E-state index in [1.807, 2.05) is 0 Å². The highest BCUT2D eigenvalue weighted by Crippen LogP contribution is 2.09. The summed E-state index contributed by atoms with van der Waals surface area (Å²) in [6.45, 7) is 5.27. The number of ether oxygens (including phenoxy) is 1. The molecular formula is C10H13ClN2O3. The van der Waals surface area contributed by atoms with Gasteiger partial charge in [0.25, 0.3) is 0 Å². The van der Waals surface area contributed by atoms with Crippen molar-refractivity contribution in [2.45, 2.75) is 26.4 Å². The summed E-state index contributed by atoms with van der Waals surface area (Å²) in [6.07, 6.45) is 1.96. The fraction of sp³-hybridized carbons (Fsp3) is 0.500. The first-order chi connectivity index (χ1) is 7.33. The molecule has 0 radical (unpaired) electrons. The van der Waals surface area contributed by atoms with Crippen molar-refractivity contribution in [3.8, 4) is 0 Å². The van der Waals surface area contributed by atoms with E-state index >= 15 is 0 Å². The topological polar surface area (TPSA) is 61.2 Å². The molecule has 16 heavy (non-hydrogen) atoms. The monoisotopic (exact) mass is 244 g/mol. The standard InChI is InChI=1S/C10H13ClN2O3/c1-10(2,3)16-9(15)13-5-7(12-6-13)8(14)4-11/h5-6H,4H2,1-3H3. The second-order valence-corrected chi connectivity index (χ2v) is 4.47. The molecule has 0 spiro atoms. The second-order valence-electron chi connectivity index (χ2n) is 4.20. The molecule has 0 aliphatic rings. The minimum Gasteiger partial charge on any atom is -0.443 e. The van der Waals surface area contributed by atoms with Gasteiger partial charge in [0.1, 0.15) is 17.6 Å². The molecule has 0 amide bonds. The van der Waals surface area contributed by atoms with E-state index in [-0.39, 0.29) is 17.4 Å². The molecule has 0 fully saturated rings. The number of imidazole rings is 1. The van der Waals surface area contributed by atoms with E-state index < -0.39 is 11.7 Å². The van der Waals surface area contributed by atoms with Gasteiger partial charge in [0.2, 0.25) is 0 Å². The molecule has 0 saturated carbocycles. The maximum absolute atomic E-state index is 11.5. The first kappa shape index (κ1) is 12.7. The van der Waals surface area contributed by atoms with Gasteiger partial charge in [-0.3, -0.25) is 4.79 Å². The number of alkyl halides is 1. The van der Waals surface area contributed by atoms with Crippen molar-refractivity contribution in [1.82, 2.24) is 9.55 Å². The Labute approximate surface area is 98.4 Å². The molecule has 0 aromatic carbocycles. The number of nitrogens with zero attached hydrogens (tertiary/aromatic N) is 2. The van der Waals surface area contributed by atoms with Crippen molar-refractivity contribution in [2.24, 2.45) is 0 Å². The first-order valence-electron chi connectivity index (χ1n) is 4.70. The third-order valence-electron chi connectivity index (χ3n) is 1.59. The van der Waals surface area contributed by atoms with Crippen LogP contribution < -0.4 is 0 Å². The molecule has 0 unspecified atom stereocenters. The number of rotatable bonds is 2. The van der Waals surface area contributed by atoms with Gasteiger partial charge in [-0.05, 0) is 20.8 Å². The molecule has 0 saturated heterocycles. The molecule has 6 heteroatoms. The number of carbonyl (C=O) groups is 2. The fourth-order valence-electron chi connectivity index (χ4n) is 0.950.